The van der Waals surface area contributed by atoms with Gasteiger partial charge >= 0.3 is 5.97 Å². The van der Waals surface area contributed by atoms with Gasteiger partial charge in [-0.3, -0.25) is 0 Å². The first kappa shape index (κ1) is 14.6. The Kier molecular flexibility index (Phi) is 4.11. The molecule has 0 saturated heterocycles. The number of carbonyl (C=O) groups excluding carboxylic acids is 1. The number of benzene rings is 2. The van der Waals surface area contributed by atoms with Crippen LogP contribution in [0.15, 0.2) is 48.5 Å². The Bertz CT molecular complexity index is 803. The van der Waals surface area contributed by atoms with Crippen molar-refractivity contribution in [1.82, 2.24) is 0 Å². The molecule has 4 heteroatoms. The quantitative estimate of drug-likeness (QED) is 0.652. The molecule has 0 spiro atoms. The van der Waals surface area contributed by atoms with E-state index >= 15 is 0 Å². The molecule has 0 fully saturated rings. The number of esters is 1. The highest BCUT2D eigenvalue weighted by Crippen LogP contribution is 2.35. The van der Waals surface area contributed by atoms with Crippen molar-refractivity contribution in [3.63, 3.8) is 0 Å². The van der Waals surface area contributed by atoms with Crippen LogP contribution in [0.5, 0.6) is 5.75 Å². The van der Waals surface area contributed by atoms with E-state index in [1.807, 2.05) is 24.3 Å². The number of methoxy groups -OCH3 is 1. The summed E-state index contributed by atoms with van der Waals surface area (Å²) in [5.41, 5.74) is 1.67. The second-order valence-corrected chi connectivity index (χ2v) is 5.90. The van der Waals surface area contributed by atoms with Crippen LogP contribution in [0.1, 0.15) is 17.3 Å². The maximum atomic E-state index is 11.7. The molecule has 0 aliphatic carbocycles. The number of hydrogen-bond donors (Lipinski definition) is 0. The molecule has 2 aromatic carbocycles. The lowest BCUT2D eigenvalue weighted by molar-refractivity contribution is 0.0526. The van der Waals surface area contributed by atoms with Crippen molar-refractivity contribution < 1.29 is 14.3 Å². The summed E-state index contributed by atoms with van der Waals surface area (Å²) in [7, 11) is 1.67. The summed E-state index contributed by atoms with van der Waals surface area (Å²) in [5.74, 6) is 0.574. The van der Waals surface area contributed by atoms with E-state index in [9.17, 15) is 4.79 Å². The van der Waals surface area contributed by atoms with Crippen LogP contribution in [0, 0.1) is 0 Å². The second kappa shape index (κ2) is 6.20. The molecule has 3 nitrogen and oxygen atoms in total. The van der Waals surface area contributed by atoms with E-state index in [-0.39, 0.29) is 5.97 Å². The fourth-order valence-electron chi connectivity index (χ4n) is 2.28. The molecule has 0 N–H and O–H groups in total. The molecule has 0 aliphatic heterocycles. The number of rotatable bonds is 4. The Balaban J connectivity index is 1.92. The molecule has 1 heterocycles. The van der Waals surface area contributed by atoms with Crippen LogP contribution in [0.4, 0.5) is 0 Å². The van der Waals surface area contributed by atoms with Gasteiger partial charge in [-0.25, -0.2) is 4.79 Å². The third-order valence-electron chi connectivity index (χ3n) is 3.40. The van der Waals surface area contributed by atoms with Gasteiger partial charge in [-0.2, -0.15) is 0 Å². The van der Waals surface area contributed by atoms with Gasteiger partial charge < -0.3 is 9.47 Å². The first-order chi connectivity index (χ1) is 10.7. The smallest absolute Gasteiger partial charge is 0.338 e. The molecule has 0 bridgehead atoms. The minimum Gasteiger partial charge on any atom is -0.497 e. The Labute approximate surface area is 133 Å². The predicted octanol–water partition coefficient (Wildman–Crippen LogP) is 4.75. The lowest BCUT2D eigenvalue weighted by Gasteiger charge is -2.02. The molecule has 0 saturated carbocycles. The highest BCUT2D eigenvalue weighted by atomic mass is 32.1. The van der Waals surface area contributed by atoms with Crippen molar-refractivity contribution in [3.05, 3.63) is 54.1 Å². The Hall–Kier alpha value is -2.33. The molecule has 0 atom stereocenters. The van der Waals surface area contributed by atoms with Gasteiger partial charge in [0.15, 0.2) is 0 Å². The second-order valence-electron chi connectivity index (χ2n) is 4.81. The molecule has 0 unspecified atom stereocenters. The van der Waals surface area contributed by atoms with Gasteiger partial charge in [0, 0.05) is 9.58 Å². The third-order valence-corrected chi connectivity index (χ3v) is 4.57. The van der Waals surface area contributed by atoms with Gasteiger partial charge in [0.25, 0.3) is 0 Å². The fourth-order valence-corrected chi connectivity index (χ4v) is 3.32. The lowest BCUT2D eigenvalue weighted by atomic mass is 10.1. The maximum absolute atomic E-state index is 11.7. The molecule has 0 radical (unpaired) electrons. The van der Waals surface area contributed by atoms with Crippen LogP contribution >= 0.6 is 11.3 Å². The minimum absolute atomic E-state index is 0.282. The van der Waals surface area contributed by atoms with Crippen molar-refractivity contribution in [2.75, 3.05) is 13.7 Å². The third kappa shape index (κ3) is 2.83. The summed E-state index contributed by atoms with van der Waals surface area (Å²) in [4.78, 5) is 12.8. The zero-order valence-corrected chi connectivity index (χ0v) is 13.3. The minimum atomic E-state index is -0.282. The van der Waals surface area contributed by atoms with Gasteiger partial charge in [0.05, 0.1) is 19.3 Å². The molecule has 0 aliphatic rings. The zero-order valence-electron chi connectivity index (χ0n) is 12.5. The van der Waals surface area contributed by atoms with Crippen LogP contribution < -0.4 is 4.74 Å². The topological polar surface area (TPSA) is 35.5 Å². The lowest BCUT2D eigenvalue weighted by Crippen LogP contribution is -2.03. The van der Waals surface area contributed by atoms with E-state index in [2.05, 4.69) is 12.1 Å². The Morgan fingerprint density at radius 2 is 1.86 bits per heavy atom. The molecule has 112 valence electrons. The van der Waals surface area contributed by atoms with Gasteiger partial charge in [-0.05, 0) is 54.3 Å². The first-order valence-corrected chi connectivity index (χ1v) is 7.88. The molecular weight excluding hydrogens is 296 g/mol. The van der Waals surface area contributed by atoms with Crippen LogP contribution in [-0.2, 0) is 4.74 Å². The summed E-state index contributed by atoms with van der Waals surface area (Å²) in [5, 5.41) is 1.16. The number of carbonyl (C=O) groups is 1. The Morgan fingerprint density at radius 1 is 1.09 bits per heavy atom. The first-order valence-electron chi connectivity index (χ1n) is 7.06. The SMILES string of the molecule is CCOC(=O)c1ccc(-c2cc3cc(OC)ccc3s2)cc1. The van der Waals surface area contributed by atoms with Crippen LogP contribution in [0.2, 0.25) is 0 Å². The molecule has 0 amide bonds. The van der Waals surface area contributed by atoms with E-state index in [0.29, 0.717) is 12.2 Å². The molecule has 1 aromatic heterocycles. The summed E-state index contributed by atoms with van der Waals surface area (Å²) in [6, 6.07) is 15.7. The van der Waals surface area contributed by atoms with Crippen LogP contribution in [0.3, 0.4) is 0 Å². The number of ether oxygens (including phenoxy) is 2. The molecular formula is C18H16O3S. The number of thiophene rings is 1. The summed E-state index contributed by atoms with van der Waals surface area (Å²) >= 11 is 1.72. The standard InChI is InChI=1S/C18H16O3S/c1-3-21-18(19)13-6-4-12(5-7-13)17-11-14-10-15(20-2)8-9-16(14)22-17/h4-11H,3H2,1-2H3. The van der Waals surface area contributed by atoms with Crippen molar-refractivity contribution in [2.45, 2.75) is 6.92 Å². The van der Waals surface area contributed by atoms with E-state index in [1.54, 1.807) is 37.5 Å². The van der Waals surface area contributed by atoms with Gasteiger partial charge in [-0.1, -0.05) is 12.1 Å². The predicted molar refractivity (Wildman–Crippen MR) is 89.8 cm³/mol. The summed E-state index contributed by atoms with van der Waals surface area (Å²) in [6.07, 6.45) is 0. The number of fused-ring (bicyclic) bond motifs is 1. The van der Waals surface area contributed by atoms with Crippen molar-refractivity contribution in [1.29, 1.82) is 0 Å². The van der Waals surface area contributed by atoms with Crippen molar-refractivity contribution in [3.8, 4) is 16.2 Å². The maximum Gasteiger partial charge on any atom is 0.338 e. The van der Waals surface area contributed by atoms with E-state index in [4.69, 9.17) is 9.47 Å². The highest BCUT2D eigenvalue weighted by Gasteiger charge is 2.08. The zero-order chi connectivity index (χ0) is 15.5. The van der Waals surface area contributed by atoms with Crippen molar-refractivity contribution >= 4 is 27.4 Å². The molecule has 22 heavy (non-hydrogen) atoms. The van der Waals surface area contributed by atoms with Crippen molar-refractivity contribution in [2.24, 2.45) is 0 Å². The largest absolute Gasteiger partial charge is 0.497 e. The molecule has 3 rings (SSSR count). The van der Waals surface area contributed by atoms with E-state index in [0.717, 1.165) is 16.7 Å². The fraction of sp³-hybridized carbons (Fsp3) is 0.167. The molecule has 3 aromatic rings. The summed E-state index contributed by atoms with van der Waals surface area (Å²) < 4.78 is 11.5. The monoisotopic (exact) mass is 312 g/mol. The van der Waals surface area contributed by atoms with Gasteiger partial charge in [0.1, 0.15) is 5.75 Å². The van der Waals surface area contributed by atoms with Crippen LogP contribution in [-0.4, -0.2) is 19.7 Å². The average Bonchev–Trinajstić information content (AvgIpc) is 2.98. The average molecular weight is 312 g/mol. The Morgan fingerprint density at radius 3 is 2.55 bits per heavy atom. The van der Waals surface area contributed by atoms with Gasteiger partial charge in [-0.15, -0.1) is 11.3 Å². The van der Waals surface area contributed by atoms with Crippen LogP contribution in [0.25, 0.3) is 20.5 Å². The summed E-state index contributed by atoms with van der Waals surface area (Å²) in [6.45, 7) is 2.19. The number of hydrogen-bond acceptors (Lipinski definition) is 4. The van der Waals surface area contributed by atoms with E-state index < -0.39 is 0 Å². The van der Waals surface area contributed by atoms with E-state index in [1.165, 1.54) is 9.58 Å². The van der Waals surface area contributed by atoms with Gasteiger partial charge in [0.2, 0.25) is 0 Å². The normalized spacial score (nSPS) is 10.6. The highest BCUT2D eigenvalue weighted by molar-refractivity contribution is 7.22.